The number of thioether (sulfide) groups is 1. The van der Waals surface area contributed by atoms with E-state index in [0.717, 1.165) is 10.6 Å². The Labute approximate surface area is 149 Å². The molecule has 0 saturated carbocycles. The van der Waals surface area contributed by atoms with Gasteiger partial charge in [0, 0.05) is 13.0 Å². The largest absolute Gasteiger partial charge is 0.324 e. The molecule has 2 amide bonds. The molecule has 25 heavy (non-hydrogen) atoms. The molecule has 1 aromatic carbocycles. The van der Waals surface area contributed by atoms with Gasteiger partial charge in [0.2, 0.25) is 11.8 Å². The van der Waals surface area contributed by atoms with Crippen LogP contribution in [-0.2, 0) is 9.59 Å². The molecular formula is C18H18FN3O2S. The van der Waals surface area contributed by atoms with Crippen LogP contribution in [0.3, 0.4) is 0 Å². The van der Waals surface area contributed by atoms with Crippen molar-refractivity contribution in [3.8, 4) is 0 Å². The Morgan fingerprint density at radius 3 is 2.80 bits per heavy atom. The van der Waals surface area contributed by atoms with Gasteiger partial charge in [0.1, 0.15) is 5.82 Å². The van der Waals surface area contributed by atoms with Crippen LogP contribution in [0.1, 0.15) is 12.0 Å². The third kappa shape index (κ3) is 3.82. The molecule has 1 aromatic heterocycles. The fraction of sp³-hybridized carbons (Fsp3) is 0.278. The number of aromatic nitrogens is 1. The molecule has 130 valence electrons. The van der Waals surface area contributed by atoms with Crippen molar-refractivity contribution >= 4 is 35.0 Å². The van der Waals surface area contributed by atoms with Crippen LogP contribution in [0.2, 0.25) is 0 Å². The Morgan fingerprint density at radius 2 is 2.16 bits per heavy atom. The first-order chi connectivity index (χ1) is 12.0. The minimum atomic E-state index is -0.520. The van der Waals surface area contributed by atoms with Crippen molar-refractivity contribution in [3.63, 3.8) is 0 Å². The third-order valence-electron chi connectivity index (χ3n) is 4.10. The van der Waals surface area contributed by atoms with Gasteiger partial charge in [-0.3, -0.25) is 9.59 Å². The number of benzene rings is 1. The average Bonchev–Trinajstić information content (AvgIpc) is 2.97. The molecule has 1 atom stereocenters. The number of rotatable bonds is 4. The van der Waals surface area contributed by atoms with E-state index in [1.807, 2.05) is 12.3 Å². The van der Waals surface area contributed by atoms with Crippen LogP contribution in [0.5, 0.6) is 0 Å². The number of amides is 2. The van der Waals surface area contributed by atoms with Gasteiger partial charge in [-0.1, -0.05) is 6.07 Å². The molecule has 1 fully saturated rings. The molecule has 1 N–H and O–H groups in total. The topological polar surface area (TPSA) is 62.3 Å². The summed E-state index contributed by atoms with van der Waals surface area (Å²) in [6, 6.07) is 8.29. The number of pyridine rings is 1. The number of halogens is 1. The number of carbonyl (C=O) groups excluding carboxylic acids is 2. The summed E-state index contributed by atoms with van der Waals surface area (Å²) >= 11 is 1.51. The summed E-state index contributed by atoms with van der Waals surface area (Å²) in [6.07, 6.45) is 3.57. The lowest BCUT2D eigenvalue weighted by molar-refractivity contribution is -0.122. The molecule has 5 nitrogen and oxygen atoms in total. The molecule has 3 rings (SSSR count). The highest BCUT2D eigenvalue weighted by Gasteiger charge is 2.36. The minimum absolute atomic E-state index is 0.0650. The van der Waals surface area contributed by atoms with Crippen molar-refractivity contribution in [2.45, 2.75) is 18.4 Å². The molecule has 1 aliphatic rings. The second-order valence-corrected chi connectivity index (χ2v) is 6.77. The van der Waals surface area contributed by atoms with Gasteiger partial charge in [0.25, 0.3) is 0 Å². The number of nitrogens with one attached hydrogen (secondary N) is 1. The quantitative estimate of drug-likeness (QED) is 0.852. The molecule has 1 aliphatic heterocycles. The molecule has 0 bridgehead atoms. The predicted molar refractivity (Wildman–Crippen MR) is 96.2 cm³/mol. The van der Waals surface area contributed by atoms with E-state index in [-0.39, 0.29) is 30.5 Å². The number of nitrogens with zero attached hydrogens (tertiary/aromatic N) is 2. The monoisotopic (exact) mass is 359 g/mol. The number of aryl methyl sites for hydroxylation is 1. The fourth-order valence-electron chi connectivity index (χ4n) is 2.77. The van der Waals surface area contributed by atoms with Gasteiger partial charge in [-0.05, 0) is 43.0 Å². The lowest BCUT2D eigenvalue weighted by atomic mass is 10.1. The van der Waals surface area contributed by atoms with Crippen LogP contribution in [0.25, 0.3) is 0 Å². The highest BCUT2D eigenvalue weighted by molar-refractivity contribution is 7.98. The van der Waals surface area contributed by atoms with Gasteiger partial charge in [-0.2, -0.15) is 0 Å². The molecular weight excluding hydrogens is 341 g/mol. The van der Waals surface area contributed by atoms with E-state index < -0.39 is 11.7 Å². The average molecular weight is 359 g/mol. The Hall–Kier alpha value is -2.41. The first-order valence-electron chi connectivity index (χ1n) is 7.85. The third-order valence-corrected chi connectivity index (χ3v) is 4.76. The van der Waals surface area contributed by atoms with Crippen molar-refractivity contribution in [1.29, 1.82) is 0 Å². The molecule has 2 aromatic rings. The molecule has 7 heteroatoms. The van der Waals surface area contributed by atoms with Crippen LogP contribution in [0, 0.1) is 18.7 Å². The number of anilines is 2. The maximum absolute atomic E-state index is 14.1. The Morgan fingerprint density at radius 1 is 1.36 bits per heavy atom. The Kier molecular flexibility index (Phi) is 5.03. The van der Waals surface area contributed by atoms with E-state index >= 15 is 0 Å². The van der Waals surface area contributed by atoms with E-state index in [2.05, 4.69) is 10.3 Å². The van der Waals surface area contributed by atoms with Crippen molar-refractivity contribution in [3.05, 3.63) is 47.9 Å². The standard InChI is InChI=1S/C18H18FN3O2S/c1-11-3-5-15(14(19)7-11)22-10-12(8-17(22)23)18(24)21-13-4-6-16(25-2)20-9-13/h3-7,9,12H,8,10H2,1-2H3,(H,21,24). The summed E-state index contributed by atoms with van der Waals surface area (Å²) in [6.45, 7) is 1.95. The first kappa shape index (κ1) is 17.4. The van der Waals surface area contributed by atoms with Gasteiger partial charge in [-0.25, -0.2) is 9.37 Å². The highest BCUT2D eigenvalue weighted by atomic mass is 32.2. The van der Waals surface area contributed by atoms with E-state index in [1.54, 1.807) is 31.3 Å². The summed E-state index contributed by atoms with van der Waals surface area (Å²) in [5.74, 6) is -1.49. The maximum atomic E-state index is 14.1. The smallest absolute Gasteiger partial charge is 0.229 e. The van der Waals surface area contributed by atoms with Crippen molar-refractivity contribution in [1.82, 2.24) is 4.98 Å². The van der Waals surface area contributed by atoms with E-state index in [4.69, 9.17) is 0 Å². The van der Waals surface area contributed by atoms with Gasteiger partial charge in [-0.15, -0.1) is 11.8 Å². The second-order valence-electron chi connectivity index (χ2n) is 5.94. The zero-order valence-corrected chi connectivity index (χ0v) is 14.8. The van der Waals surface area contributed by atoms with Gasteiger partial charge in [0.05, 0.1) is 28.5 Å². The molecule has 0 spiro atoms. The van der Waals surface area contributed by atoms with Crippen LogP contribution in [0.4, 0.5) is 15.8 Å². The number of hydrogen-bond donors (Lipinski definition) is 1. The van der Waals surface area contributed by atoms with Crippen LogP contribution >= 0.6 is 11.8 Å². The summed E-state index contributed by atoms with van der Waals surface area (Å²) < 4.78 is 14.1. The lowest BCUT2D eigenvalue weighted by Crippen LogP contribution is -2.28. The zero-order valence-electron chi connectivity index (χ0n) is 14.0. The minimum Gasteiger partial charge on any atom is -0.324 e. The summed E-state index contributed by atoms with van der Waals surface area (Å²) in [5.41, 5.74) is 1.58. The van der Waals surface area contributed by atoms with Crippen LogP contribution in [-0.4, -0.2) is 29.6 Å². The molecule has 0 radical (unpaired) electrons. The van der Waals surface area contributed by atoms with E-state index in [1.165, 1.54) is 22.7 Å². The molecule has 1 unspecified atom stereocenters. The van der Waals surface area contributed by atoms with Crippen molar-refractivity contribution in [2.24, 2.45) is 5.92 Å². The van der Waals surface area contributed by atoms with E-state index in [0.29, 0.717) is 5.69 Å². The van der Waals surface area contributed by atoms with Gasteiger partial charge >= 0.3 is 0 Å². The normalized spacial score (nSPS) is 17.0. The summed E-state index contributed by atoms with van der Waals surface area (Å²) in [5, 5.41) is 3.62. The Balaban J connectivity index is 1.69. The van der Waals surface area contributed by atoms with Crippen molar-refractivity contribution in [2.75, 3.05) is 23.0 Å². The van der Waals surface area contributed by atoms with Crippen LogP contribution in [0.15, 0.2) is 41.6 Å². The van der Waals surface area contributed by atoms with Crippen molar-refractivity contribution < 1.29 is 14.0 Å². The number of carbonyl (C=O) groups is 2. The van der Waals surface area contributed by atoms with Gasteiger partial charge in [0.15, 0.2) is 0 Å². The first-order valence-corrected chi connectivity index (χ1v) is 9.08. The fourth-order valence-corrected chi connectivity index (χ4v) is 3.13. The summed E-state index contributed by atoms with van der Waals surface area (Å²) in [7, 11) is 0. The number of hydrogen-bond acceptors (Lipinski definition) is 4. The molecule has 1 saturated heterocycles. The predicted octanol–water partition coefficient (Wildman–Crippen LogP) is 3.24. The Bertz CT molecular complexity index is 810. The molecule has 2 heterocycles. The SMILES string of the molecule is CSc1ccc(NC(=O)C2CC(=O)N(c3ccc(C)cc3F)C2)cn1. The van der Waals surface area contributed by atoms with Gasteiger partial charge < -0.3 is 10.2 Å². The lowest BCUT2D eigenvalue weighted by Gasteiger charge is -2.17. The maximum Gasteiger partial charge on any atom is 0.229 e. The zero-order chi connectivity index (χ0) is 18.0. The second kappa shape index (κ2) is 7.23. The van der Waals surface area contributed by atoms with E-state index in [9.17, 15) is 14.0 Å². The molecule has 0 aliphatic carbocycles. The van der Waals surface area contributed by atoms with Crippen LogP contribution < -0.4 is 10.2 Å². The summed E-state index contributed by atoms with van der Waals surface area (Å²) in [4.78, 5) is 30.2. The highest BCUT2D eigenvalue weighted by Crippen LogP contribution is 2.28.